The summed E-state index contributed by atoms with van der Waals surface area (Å²) in [6, 6.07) is 0. The quantitative estimate of drug-likeness (QED) is 0.544. The van der Waals surface area contributed by atoms with Crippen molar-refractivity contribution in [3.63, 3.8) is 0 Å². The van der Waals surface area contributed by atoms with Crippen LogP contribution in [0.2, 0.25) is 0 Å². The Balaban J connectivity index is 2.08. The molecule has 1 aliphatic rings. The van der Waals surface area contributed by atoms with Crippen LogP contribution >= 0.6 is 0 Å². The average Bonchev–Trinajstić information content (AvgIpc) is 1.91. The maximum Gasteiger partial charge on any atom is 0.180 e. The summed E-state index contributed by atoms with van der Waals surface area (Å²) in [5, 5.41) is 0. The Morgan fingerprint density at radius 3 is 2.67 bits per heavy atom. The average molecular weight is 132 g/mol. The first kappa shape index (κ1) is 6.99. The molecule has 1 heterocycles. The Morgan fingerprint density at radius 1 is 1.44 bits per heavy atom. The van der Waals surface area contributed by atoms with E-state index < -0.39 is 0 Å². The topological polar surface area (TPSA) is 27.7 Å². The minimum Gasteiger partial charge on any atom is -0.379 e. The second-order valence-corrected chi connectivity index (χ2v) is 1.98. The zero-order valence-electron chi connectivity index (χ0n) is 5.63. The molecule has 0 aromatic rings. The van der Waals surface area contributed by atoms with Gasteiger partial charge < -0.3 is 14.2 Å². The third-order valence-corrected chi connectivity index (χ3v) is 1.20. The van der Waals surface area contributed by atoms with Crippen LogP contribution in [-0.4, -0.2) is 33.2 Å². The van der Waals surface area contributed by atoms with Crippen LogP contribution in [0.15, 0.2) is 0 Å². The molecule has 1 saturated heterocycles. The van der Waals surface area contributed by atoms with Gasteiger partial charge in [0.25, 0.3) is 0 Å². The number of ether oxygens (including phenoxy) is 3. The summed E-state index contributed by atoms with van der Waals surface area (Å²) in [5.41, 5.74) is 0. The van der Waals surface area contributed by atoms with Crippen LogP contribution in [0.3, 0.4) is 0 Å². The molecular formula is C6H12O3. The number of hydrogen-bond donors (Lipinski definition) is 0. The fraction of sp³-hybridized carbons (Fsp3) is 1.00. The highest BCUT2D eigenvalue weighted by atomic mass is 16.7. The summed E-state index contributed by atoms with van der Waals surface area (Å²) in [7, 11) is 1.64. The smallest absolute Gasteiger partial charge is 0.180 e. The zero-order chi connectivity index (χ0) is 6.53. The second-order valence-electron chi connectivity index (χ2n) is 1.98. The van der Waals surface area contributed by atoms with Gasteiger partial charge >= 0.3 is 0 Å². The largest absolute Gasteiger partial charge is 0.379 e. The first-order valence-electron chi connectivity index (χ1n) is 3.15. The lowest BCUT2D eigenvalue weighted by Gasteiger charge is -2.21. The van der Waals surface area contributed by atoms with Gasteiger partial charge in [-0.3, -0.25) is 0 Å². The Labute approximate surface area is 54.9 Å². The molecule has 0 aromatic heterocycles. The molecule has 54 valence electrons. The molecule has 3 nitrogen and oxygen atoms in total. The molecular weight excluding hydrogens is 120 g/mol. The van der Waals surface area contributed by atoms with E-state index in [2.05, 4.69) is 0 Å². The van der Waals surface area contributed by atoms with E-state index in [1.165, 1.54) is 0 Å². The summed E-state index contributed by atoms with van der Waals surface area (Å²) in [6.07, 6.45) is 0.879. The highest BCUT2D eigenvalue weighted by Gasteiger charge is 2.12. The van der Waals surface area contributed by atoms with Crippen molar-refractivity contribution in [1.82, 2.24) is 0 Å². The van der Waals surface area contributed by atoms with Crippen LogP contribution < -0.4 is 0 Å². The molecule has 0 amide bonds. The van der Waals surface area contributed by atoms with Crippen LogP contribution in [0, 0.1) is 0 Å². The van der Waals surface area contributed by atoms with Gasteiger partial charge in [0, 0.05) is 7.11 Å². The van der Waals surface area contributed by atoms with E-state index in [-0.39, 0.29) is 6.29 Å². The van der Waals surface area contributed by atoms with Gasteiger partial charge in [-0.1, -0.05) is 0 Å². The standard InChI is InChI=1S/C6H12O3/c1-7-5-6-8-3-2-4-9-6/h6H,2-5H2,1H3. The summed E-state index contributed by atoms with van der Waals surface area (Å²) in [6.45, 7) is 2.14. The van der Waals surface area contributed by atoms with Crippen LogP contribution in [0.1, 0.15) is 6.42 Å². The van der Waals surface area contributed by atoms with E-state index in [1.54, 1.807) is 7.11 Å². The first-order valence-corrected chi connectivity index (χ1v) is 3.15. The van der Waals surface area contributed by atoms with E-state index in [9.17, 15) is 0 Å². The molecule has 0 aromatic carbocycles. The van der Waals surface area contributed by atoms with Crippen molar-refractivity contribution >= 4 is 0 Å². The number of methoxy groups -OCH3 is 1. The lowest BCUT2D eigenvalue weighted by atomic mass is 10.4. The fourth-order valence-corrected chi connectivity index (χ4v) is 0.769. The van der Waals surface area contributed by atoms with Crippen LogP contribution in [0.25, 0.3) is 0 Å². The van der Waals surface area contributed by atoms with Crippen LogP contribution in [-0.2, 0) is 14.2 Å². The number of hydrogen-bond acceptors (Lipinski definition) is 3. The van der Waals surface area contributed by atoms with Crippen molar-refractivity contribution in [2.45, 2.75) is 12.7 Å². The van der Waals surface area contributed by atoms with Gasteiger partial charge in [-0.25, -0.2) is 0 Å². The van der Waals surface area contributed by atoms with Crippen molar-refractivity contribution in [2.75, 3.05) is 26.9 Å². The van der Waals surface area contributed by atoms with Gasteiger partial charge in [0.2, 0.25) is 0 Å². The maximum atomic E-state index is 5.17. The molecule has 0 unspecified atom stereocenters. The molecule has 0 bridgehead atoms. The first-order chi connectivity index (χ1) is 4.43. The van der Waals surface area contributed by atoms with Crippen molar-refractivity contribution in [2.24, 2.45) is 0 Å². The lowest BCUT2D eigenvalue weighted by molar-refractivity contribution is -0.198. The van der Waals surface area contributed by atoms with Gasteiger partial charge in [-0.05, 0) is 6.42 Å². The van der Waals surface area contributed by atoms with E-state index in [0.29, 0.717) is 6.61 Å². The molecule has 9 heavy (non-hydrogen) atoms. The van der Waals surface area contributed by atoms with E-state index >= 15 is 0 Å². The van der Waals surface area contributed by atoms with Crippen molar-refractivity contribution < 1.29 is 14.2 Å². The minimum absolute atomic E-state index is 0.122. The van der Waals surface area contributed by atoms with Crippen LogP contribution in [0.4, 0.5) is 0 Å². The molecule has 3 heteroatoms. The zero-order valence-corrected chi connectivity index (χ0v) is 5.63. The van der Waals surface area contributed by atoms with Crippen molar-refractivity contribution in [3.05, 3.63) is 0 Å². The number of rotatable bonds is 2. The molecule has 0 radical (unpaired) electrons. The molecule has 0 spiro atoms. The normalized spacial score (nSPS) is 22.3. The Kier molecular flexibility index (Phi) is 2.97. The third kappa shape index (κ3) is 2.30. The summed E-state index contributed by atoms with van der Waals surface area (Å²) < 4.78 is 15.2. The monoisotopic (exact) mass is 132 g/mol. The summed E-state index contributed by atoms with van der Waals surface area (Å²) in [4.78, 5) is 0. The minimum atomic E-state index is -0.122. The summed E-state index contributed by atoms with van der Waals surface area (Å²) >= 11 is 0. The van der Waals surface area contributed by atoms with Gasteiger partial charge in [0.1, 0.15) is 0 Å². The lowest BCUT2D eigenvalue weighted by Crippen LogP contribution is -2.28. The highest BCUT2D eigenvalue weighted by Crippen LogP contribution is 2.03. The molecule has 1 rings (SSSR count). The molecule has 0 saturated carbocycles. The maximum absolute atomic E-state index is 5.17. The van der Waals surface area contributed by atoms with Gasteiger partial charge in [0.05, 0.1) is 19.8 Å². The predicted octanol–water partition coefficient (Wildman–Crippen LogP) is 0.396. The molecule has 1 fully saturated rings. The Hall–Kier alpha value is -0.120. The molecule has 1 aliphatic heterocycles. The SMILES string of the molecule is COCC1OCCCO1. The molecule has 0 N–H and O–H groups in total. The summed E-state index contributed by atoms with van der Waals surface area (Å²) in [5.74, 6) is 0. The van der Waals surface area contributed by atoms with Crippen LogP contribution in [0.5, 0.6) is 0 Å². The fourth-order valence-electron chi connectivity index (χ4n) is 0.769. The third-order valence-electron chi connectivity index (χ3n) is 1.20. The Bertz CT molecular complexity index is 65.9. The second kappa shape index (κ2) is 3.82. The van der Waals surface area contributed by atoms with Gasteiger partial charge in [-0.15, -0.1) is 0 Å². The van der Waals surface area contributed by atoms with Gasteiger partial charge in [0.15, 0.2) is 6.29 Å². The molecule has 0 aliphatic carbocycles. The molecule has 0 atom stereocenters. The predicted molar refractivity (Wildman–Crippen MR) is 32.2 cm³/mol. The van der Waals surface area contributed by atoms with Crippen molar-refractivity contribution in [1.29, 1.82) is 0 Å². The van der Waals surface area contributed by atoms with E-state index in [0.717, 1.165) is 19.6 Å². The van der Waals surface area contributed by atoms with Crippen molar-refractivity contribution in [3.8, 4) is 0 Å². The van der Waals surface area contributed by atoms with Gasteiger partial charge in [-0.2, -0.15) is 0 Å². The van der Waals surface area contributed by atoms with E-state index in [4.69, 9.17) is 14.2 Å². The Morgan fingerprint density at radius 2 is 2.11 bits per heavy atom. The highest BCUT2D eigenvalue weighted by molar-refractivity contribution is 4.48. The van der Waals surface area contributed by atoms with E-state index in [1.807, 2.05) is 0 Å².